The average molecular weight is 317 g/mol. The molecule has 4 nitrogen and oxygen atoms in total. The Morgan fingerprint density at radius 1 is 1.19 bits per heavy atom. The highest BCUT2D eigenvalue weighted by Gasteiger charge is 2.31. The van der Waals surface area contributed by atoms with Crippen molar-refractivity contribution < 1.29 is 17.9 Å². The third-order valence-corrected chi connectivity index (χ3v) is 3.21. The van der Waals surface area contributed by atoms with Crippen molar-refractivity contribution in [2.45, 2.75) is 32.4 Å². The molecule has 2 aromatic rings. The van der Waals surface area contributed by atoms with Crippen molar-refractivity contribution in [3.8, 4) is 10.9 Å². The van der Waals surface area contributed by atoms with Gasteiger partial charge in [-0.3, -0.25) is 0 Å². The number of nitrogens with two attached hydrogens (primary N) is 1. The highest BCUT2D eigenvalue weighted by atomic mass is 32.1. The predicted molar refractivity (Wildman–Crippen MR) is 74.5 cm³/mol. The molecule has 0 fully saturated rings. The van der Waals surface area contributed by atoms with Crippen LogP contribution in [0, 0.1) is 0 Å². The Morgan fingerprint density at radius 3 is 2.33 bits per heavy atom. The minimum Gasteiger partial charge on any atom is -0.428 e. The minimum absolute atomic E-state index is 0.0997. The molecule has 0 aliphatic heterocycles. The van der Waals surface area contributed by atoms with Gasteiger partial charge >= 0.3 is 6.18 Å². The molecule has 21 heavy (non-hydrogen) atoms. The van der Waals surface area contributed by atoms with Gasteiger partial charge in [0.1, 0.15) is 0 Å². The molecule has 2 rings (SSSR count). The predicted octanol–water partition coefficient (Wildman–Crippen LogP) is 4.23. The SMILES string of the molecule is CC(C)(C)c1nsc(Oc2ccc(C(F)(F)F)cc2N)n1. The molecular weight excluding hydrogens is 303 g/mol. The number of nitrogen functional groups attached to an aromatic ring is 1. The first-order chi connectivity index (χ1) is 9.57. The normalized spacial score (nSPS) is 12.5. The van der Waals surface area contributed by atoms with Crippen molar-refractivity contribution in [2.24, 2.45) is 0 Å². The highest BCUT2D eigenvalue weighted by Crippen LogP contribution is 2.36. The Morgan fingerprint density at radius 2 is 1.86 bits per heavy atom. The van der Waals surface area contributed by atoms with E-state index in [1.165, 1.54) is 6.07 Å². The van der Waals surface area contributed by atoms with Gasteiger partial charge in [0.05, 0.1) is 11.3 Å². The monoisotopic (exact) mass is 317 g/mol. The van der Waals surface area contributed by atoms with E-state index >= 15 is 0 Å². The molecule has 1 heterocycles. The number of hydrogen-bond acceptors (Lipinski definition) is 5. The Hall–Kier alpha value is -1.83. The van der Waals surface area contributed by atoms with Crippen LogP contribution in [0.2, 0.25) is 0 Å². The second-order valence-corrected chi connectivity index (χ2v) is 6.20. The van der Waals surface area contributed by atoms with E-state index in [0.29, 0.717) is 5.82 Å². The summed E-state index contributed by atoms with van der Waals surface area (Å²) in [6.45, 7) is 5.85. The van der Waals surface area contributed by atoms with Gasteiger partial charge in [0.15, 0.2) is 11.6 Å². The number of anilines is 1. The fraction of sp³-hybridized carbons (Fsp3) is 0.385. The quantitative estimate of drug-likeness (QED) is 0.842. The maximum Gasteiger partial charge on any atom is 0.416 e. The van der Waals surface area contributed by atoms with Crippen molar-refractivity contribution in [1.29, 1.82) is 0 Å². The summed E-state index contributed by atoms with van der Waals surface area (Å²) in [5.41, 5.74) is 4.44. The van der Waals surface area contributed by atoms with Crippen molar-refractivity contribution in [1.82, 2.24) is 9.36 Å². The molecular formula is C13H14F3N3OS. The molecule has 0 amide bonds. The maximum absolute atomic E-state index is 12.5. The summed E-state index contributed by atoms with van der Waals surface area (Å²) >= 11 is 1.03. The smallest absolute Gasteiger partial charge is 0.416 e. The van der Waals surface area contributed by atoms with Gasteiger partial charge in [0.2, 0.25) is 0 Å². The number of alkyl halides is 3. The van der Waals surface area contributed by atoms with Gasteiger partial charge < -0.3 is 10.5 Å². The van der Waals surface area contributed by atoms with E-state index in [1.54, 1.807) is 0 Å². The Balaban J connectivity index is 2.23. The summed E-state index contributed by atoms with van der Waals surface area (Å²) in [6, 6.07) is 2.93. The first-order valence-corrected chi connectivity index (χ1v) is 6.83. The molecule has 0 aliphatic rings. The van der Waals surface area contributed by atoms with E-state index in [0.717, 1.165) is 23.7 Å². The van der Waals surface area contributed by atoms with Crippen LogP contribution in [0.3, 0.4) is 0 Å². The zero-order valence-electron chi connectivity index (χ0n) is 11.7. The zero-order valence-corrected chi connectivity index (χ0v) is 12.5. The lowest BCUT2D eigenvalue weighted by Gasteiger charge is -2.12. The summed E-state index contributed by atoms with van der Waals surface area (Å²) in [6.07, 6.45) is -4.44. The molecule has 0 radical (unpaired) electrons. The van der Waals surface area contributed by atoms with E-state index < -0.39 is 11.7 Å². The molecule has 114 valence electrons. The Kier molecular flexibility index (Phi) is 3.83. The molecule has 1 aromatic carbocycles. The van der Waals surface area contributed by atoms with E-state index in [2.05, 4.69) is 9.36 Å². The molecule has 1 aromatic heterocycles. The van der Waals surface area contributed by atoms with Gasteiger partial charge in [-0.15, -0.1) is 0 Å². The van der Waals surface area contributed by atoms with Crippen molar-refractivity contribution in [3.05, 3.63) is 29.6 Å². The topological polar surface area (TPSA) is 61.0 Å². The molecule has 0 spiro atoms. The van der Waals surface area contributed by atoms with Crippen LogP contribution >= 0.6 is 11.5 Å². The third-order valence-electron chi connectivity index (χ3n) is 2.61. The largest absolute Gasteiger partial charge is 0.428 e. The standard InChI is InChI=1S/C13H14F3N3OS/c1-12(2,3)10-18-11(21-19-10)20-9-5-4-7(6-8(9)17)13(14,15)16/h4-6H,17H2,1-3H3. The van der Waals surface area contributed by atoms with Gasteiger partial charge in [-0.1, -0.05) is 20.8 Å². The summed E-state index contributed by atoms with van der Waals surface area (Å²) in [5.74, 6) is 0.729. The molecule has 0 atom stereocenters. The summed E-state index contributed by atoms with van der Waals surface area (Å²) in [7, 11) is 0. The van der Waals surface area contributed by atoms with Crippen LogP contribution < -0.4 is 10.5 Å². The van der Waals surface area contributed by atoms with E-state index in [4.69, 9.17) is 10.5 Å². The molecule has 0 bridgehead atoms. The van der Waals surface area contributed by atoms with Crippen LogP contribution in [0.4, 0.5) is 18.9 Å². The molecule has 8 heteroatoms. The molecule has 0 aliphatic carbocycles. The van der Waals surface area contributed by atoms with Crippen LogP contribution in [-0.4, -0.2) is 9.36 Å². The number of hydrogen-bond donors (Lipinski definition) is 1. The van der Waals surface area contributed by atoms with E-state index in [-0.39, 0.29) is 22.0 Å². The van der Waals surface area contributed by atoms with Crippen LogP contribution in [-0.2, 0) is 11.6 Å². The number of ether oxygens (including phenoxy) is 1. The lowest BCUT2D eigenvalue weighted by Crippen LogP contribution is -2.13. The van der Waals surface area contributed by atoms with Crippen molar-refractivity contribution in [2.75, 3.05) is 5.73 Å². The first kappa shape index (κ1) is 15.6. The number of benzene rings is 1. The Labute approximate surface area is 123 Å². The summed E-state index contributed by atoms with van der Waals surface area (Å²) < 4.78 is 47.2. The second kappa shape index (κ2) is 5.18. The van der Waals surface area contributed by atoms with Gasteiger partial charge in [0, 0.05) is 16.9 Å². The number of rotatable bonds is 2. The molecule has 2 N–H and O–H groups in total. The summed E-state index contributed by atoms with van der Waals surface area (Å²) in [4.78, 5) is 4.20. The van der Waals surface area contributed by atoms with Gasteiger partial charge in [-0.25, -0.2) is 0 Å². The van der Waals surface area contributed by atoms with Gasteiger partial charge in [-0.05, 0) is 18.2 Å². The average Bonchev–Trinajstić information content (AvgIpc) is 2.78. The van der Waals surface area contributed by atoms with Crippen LogP contribution in [0.1, 0.15) is 32.2 Å². The fourth-order valence-electron chi connectivity index (χ4n) is 1.47. The molecule has 0 unspecified atom stereocenters. The minimum atomic E-state index is -4.44. The highest BCUT2D eigenvalue weighted by molar-refractivity contribution is 7.07. The Bertz CT molecular complexity index is 647. The van der Waals surface area contributed by atoms with Crippen LogP contribution in [0.15, 0.2) is 18.2 Å². The van der Waals surface area contributed by atoms with Gasteiger partial charge in [-0.2, -0.15) is 22.5 Å². The number of halogens is 3. The lowest BCUT2D eigenvalue weighted by molar-refractivity contribution is -0.137. The molecule has 0 saturated heterocycles. The van der Waals surface area contributed by atoms with Crippen LogP contribution in [0.25, 0.3) is 0 Å². The van der Waals surface area contributed by atoms with Crippen LogP contribution in [0.5, 0.6) is 10.9 Å². The van der Waals surface area contributed by atoms with Gasteiger partial charge in [0.25, 0.3) is 5.19 Å². The second-order valence-electron chi connectivity index (χ2n) is 5.49. The summed E-state index contributed by atoms with van der Waals surface area (Å²) in [5, 5.41) is 0.242. The van der Waals surface area contributed by atoms with Crippen molar-refractivity contribution in [3.63, 3.8) is 0 Å². The zero-order chi connectivity index (χ0) is 15.8. The van der Waals surface area contributed by atoms with E-state index in [9.17, 15) is 13.2 Å². The third kappa shape index (κ3) is 3.63. The number of nitrogens with zero attached hydrogens (tertiary/aromatic N) is 2. The molecule has 0 saturated carbocycles. The number of aromatic nitrogens is 2. The first-order valence-electron chi connectivity index (χ1n) is 6.06. The van der Waals surface area contributed by atoms with E-state index in [1.807, 2.05) is 20.8 Å². The fourth-order valence-corrected chi connectivity index (χ4v) is 2.20. The van der Waals surface area contributed by atoms with Crippen molar-refractivity contribution >= 4 is 17.2 Å². The lowest BCUT2D eigenvalue weighted by atomic mass is 9.96. The maximum atomic E-state index is 12.5.